The molecule has 27 nitrogen and oxygen atoms in total. The highest BCUT2D eigenvalue weighted by molar-refractivity contribution is 6.46. The first kappa shape index (κ1) is 67.2. The normalized spacial score (nSPS) is 24.4. The maximum atomic E-state index is 12.9. The molecule has 15 atom stereocenters. The van der Waals surface area contributed by atoms with Gasteiger partial charge in [-0.3, -0.25) is 19.2 Å². The lowest BCUT2D eigenvalue weighted by molar-refractivity contribution is -0.420. The second kappa shape index (κ2) is 31.0. The highest BCUT2D eigenvalue weighted by atomic mass is 19.4. The number of aromatic nitrogens is 6. The molecule has 32 heteroatoms. The molecule has 4 heterocycles. The zero-order valence-electron chi connectivity index (χ0n) is 45.2. The summed E-state index contributed by atoms with van der Waals surface area (Å²) in [6.45, 7) is 14.5. The number of esters is 2. The Morgan fingerprint density at radius 2 is 1.20 bits per heavy atom. The monoisotopic (exact) mass is 1130 g/mol. The van der Waals surface area contributed by atoms with E-state index in [1.165, 1.54) is 18.7 Å². The van der Waals surface area contributed by atoms with Crippen molar-refractivity contribution < 1.29 is 97.1 Å². The molecule has 2 amide bonds. The van der Waals surface area contributed by atoms with Crippen molar-refractivity contribution in [3.05, 3.63) is 60.2 Å². The number of fused-ring (bicyclic) bond motifs is 1. The van der Waals surface area contributed by atoms with Crippen LogP contribution in [0.4, 0.5) is 13.2 Å². The van der Waals surface area contributed by atoms with E-state index in [9.17, 15) is 52.4 Å². The fourth-order valence-electron chi connectivity index (χ4n) is 8.74. The Hall–Kier alpha value is -6.12. The van der Waals surface area contributed by atoms with E-state index in [4.69, 9.17) is 50.4 Å². The van der Waals surface area contributed by atoms with E-state index in [0.29, 0.717) is 5.92 Å². The van der Waals surface area contributed by atoms with Crippen molar-refractivity contribution in [1.29, 1.82) is 0 Å². The number of aliphatic carboxylic acids is 2. The van der Waals surface area contributed by atoms with Crippen LogP contribution in [-0.4, -0.2) is 167 Å². The van der Waals surface area contributed by atoms with E-state index in [-0.39, 0.29) is 60.6 Å². The number of carbonyl (C=O) groups excluding carboxylic acids is 5. The van der Waals surface area contributed by atoms with Crippen LogP contribution < -0.4 is 32.8 Å². The van der Waals surface area contributed by atoms with E-state index in [0.717, 1.165) is 43.1 Å². The molecule has 1 aliphatic carbocycles. The van der Waals surface area contributed by atoms with Gasteiger partial charge in [0, 0.05) is 11.8 Å². The summed E-state index contributed by atoms with van der Waals surface area (Å²) >= 11 is 0. The Morgan fingerprint density at radius 3 is 1.66 bits per heavy atom. The first-order chi connectivity index (χ1) is 37.0. The largest absolute Gasteiger partial charge is 0.542 e. The van der Waals surface area contributed by atoms with E-state index in [1.807, 2.05) is 59.7 Å². The number of halogens is 3. The van der Waals surface area contributed by atoms with Crippen LogP contribution >= 0.6 is 0 Å². The second-order valence-corrected chi connectivity index (χ2v) is 19.6. The van der Waals surface area contributed by atoms with E-state index in [1.54, 1.807) is 11.5 Å². The summed E-state index contributed by atoms with van der Waals surface area (Å²) in [5, 5.41) is 69.9. The van der Waals surface area contributed by atoms with Crippen LogP contribution in [0.1, 0.15) is 119 Å². The van der Waals surface area contributed by atoms with Gasteiger partial charge in [-0.2, -0.15) is 13.2 Å². The summed E-state index contributed by atoms with van der Waals surface area (Å²) in [4.78, 5) is 74.6. The van der Waals surface area contributed by atoms with Crippen LogP contribution in [-0.2, 0) is 38.1 Å². The number of hydrogen-bond donors (Lipinski definition) is 10. The number of aliphatic hydroxyl groups is 2. The lowest BCUT2D eigenvalue weighted by Gasteiger charge is -2.25. The zero-order chi connectivity index (χ0) is 59.6. The first-order valence-electron chi connectivity index (χ1n) is 25.7. The summed E-state index contributed by atoms with van der Waals surface area (Å²) in [6.07, 6.45) is -3.90. The van der Waals surface area contributed by atoms with Gasteiger partial charge in [0.1, 0.15) is 62.2 Å². The number of nitrogens with one attached hydrogen (secondary N) is 2. The Kier molecular flexibility index (Phi) is 26.4. The van der Waals surface area contributed by atoms with Gasteiger partial charge >= 0.3 is 38.2 Å². The number of alkyl halides is 3. The van der Waals surface area contributed by atoms with E-state index >= 15 is 0 Å². The molecule has 3 aromatic rings. The number of nitrogens with zero attached hydrogens (tertiary/aromatic N) is 6. The molecule has 6 rings (SSSR count). The van der Waals surface area contributed by atoms with Gasteiger partial charge in [0.05, 0.1) is 6.10 Å². The molecule has 2 saturated heterocycles. The average molecular weight is 1130 g/mol. The summed E-state index contributed by atoms with van der Waals surface area (Å²) < 4.78 is 56.9. The highest BCUT2D eigenvalue weighted by Gasteiger charge is 2.52. The van der Waals surface area contributed by atoms with Gasteiger partial charge in [-0.25, -0.2) is 24.1 Å². The minimum absolute atomic E-state index is 0.00148. The van der Waals surface area contributed by atoms with Crippen LogP contribution in [0.15, 0.2) is 43.0 Å². The highest BCUT2D eigenvalue weighted by Crippen LogP contribution is 2.54. The topological polar surface area (TPSA) is 429 Å². The standard InChI is InChI=1S/C24H34BN5O5.C14H23N5O6.C7H16BNO3.C2HF3O2/c1-4-14(2)20(28-25(3)33)24(32)34-12-19-17-10-16(15-8-6-5-7-9-15)11-18(17)23(35-19)30-13-27-22(29-30)21(26)31;1-3-6(2)8(15)14(23)24-4-7-9(20)10(21)13(25-7)19-5-17-12(18-19)11(16)22;1-4-5(2)6(7(10)11)9-8(3)12;3-2(4,5)1(6)7/h5-9,13-14,16-20,23,28,33H,4,10-12H2,1-3H3,(H2,26,31);5-10,13,20-21H,3-4,15H2,1-2H3,(H2,16,22);5-6,9,12H,4H2,1-3H3,(H,10,11);(H,6,7)/t14-,16?,17?,18+,19+,20-,23+;6-,7+,8-,9?,10+,13+;5-,6-;/m000./s1. The number of hydrogen-bond acceptors (Lipinski definition) is 21. The maximum absolute atomic E-state index is 12.9. The molecule has 3 unspecified atom stereocenters. The number of benzene rings is 1. The number of quaternary nitrogens is 1. The number of rotatable bonds is 22. The molecule has 440 valence electrons. The fourth-order valence-corrected chi connectivity index (χ4v) is 8.74. The van der Waals surface area contributed by atoms with Gasteiger partial charge in [-0.15, -0.1) is 10.2 Å². The summed E-state index contributed by atoms with van der Waals surface area (Å²) in [5.41, 5.74) is 15.5. The number of amides is 2. The fraction of sp³-hybridized carbons (Fsp3) is 0.660. The maximum Gasteiger partial charge on any atom is 0.430 e. The van der Waals surface area contributed by atoms with Gasteiger partial charge in [0.25, 0.3) is 11.8 Å². The predicted molar refractivity (Wildman–Crippen MR) is 269 cm³/mol. The molecule has 79 heavy (non-hydrogen) atoms. The number of carboxylic acid groups (broad SMARTS) is 2. The summed E-state index contributed by atoms with van der Waals surface area (Å²) in [5.74, 6) is -5.96. The van der Waals surface area contributed by atoms with Crippen molar-refractivity contribution in [3.8, 4) is 0 Å². The Bertz CT molecular complexity index is 2430. The average Bonchev–Trinajstić information content (AvgIpc) is 4.37. The van der Waals surface area contributed by atoms with Crippen molar-refractivity contribution >= 4 is 49.8 Å². The number of primary amides is 2. The van der Waals surface area contributed by atoms with Crippen LogP contribution in [0.5, 0.6) is 0 Å². The third-order valence-electron chi connectivity index (χ3n) is 13.8. The smallest absolute Gasteiger partial charge is 0.430 e. The van der Waals surface area contributed by atoms with Crippen molar-refractivity contribution in [2.24, 2.45) is 41.1 Å². The molecule has 3 aliphatic rings. The van der Waals surface area contributed by atoms with Gasteiger partial charge in [-0.1, -0.05) is 84.7 Å². The van der Waals surface area contributed by atoms with Gasteiger partial charge in [0.15, 0.2) is 18.5 Å². The predicted octanol–water partition coefficient (Wildman–Crippen LogP) is -1.58. The number of nitrogens with two attached hydrogens (primary N) is 2. The molecule has 3 fully saturated rings. The van der Waals surface area contributed by atoms with Crippen LogP contribution in [0.3, 0.4) is 0 Å². The molecular weight excluding hydrogens is 1050 g/mol. The summed E-state index contributed by atoms with van der Waals surface area (Å²) in [7, 11) is -1.61. The Labute approximate surface area is 454 Å². The van der Waals surface area contributed by atoms with E-state index < -0.39 is 105 Å². The molecule has 14 N–H and O–H groups in total. The SMILES string of the molecule is CC[C@H](C)[C@H](NB(C)O)C(=O)O.CC[C@H](C)[C@H](NB(C)O)C(=O)OC[C@H]1O[C@@H](n2cnc(C(N)=O)n2)[C@@H]2CC(c3ccccc3)CC21.CC[C@H](C)[C@H]([NH3+])C(=O)OC[C@H]1O[C@@H](n2cnc(C(N)=O)n2)[C@H](O)C1O.O=C([O-])C(F)(F)F. The second-order valence-electron chi connectivity index (χ2n) is 19.6. The Balaban J connectivity index is 0.000000323. The Morgan fingerprint density at radius 1 is 0.759 bits per heavy atom. The first-order valence-corrected chi connectivity index (χ1v) is 25.7. The number of aliphatic hydroxyl groups excluding tert-OH is 2. The minimum atomic E-state index is -5.19. The number of ether oxygens (including phenoxy) is 4. The van der Waals surface area contributed by atoms with Crippen molar-refractivity contribution in [3.63, 3.8) is 0 Å². The molecule has 1 saturated carbocycles. The van der Waals surface area contributed by atoms with Crippen LogP contribution in [0, 0.1) is 29.6 Å². The lowest BCUT2D eigenvalue weighted by atomic mass is 9.84. The number of carbonyl (C=O) groups is 6. The van der Waals surface area contributed by atoms with Crippen molar-refractivity contribution in [2.45, 2.75) is 154 Å². The number of carboxylic acids is 2. The molecule has 1 aromatic carbocycles. The molecule has 0 radical (unpaired) electrons. The molecule has 0 bridgehead atoms. The molecule has 2 aliphatic heterocycles. The third-order valence-corrected chi connectivity index (χ3v) is 13.8. The minimum Gasteiger partial charge on any atom is -0.542 e. The summed E-state index contributed by atoms with van der Waals surface area (Å²) in [6, 6.07) is 8.55. The van der Waals surface area contributed by atoms with E-state index in [2.05, 4.69) is 48.5 Å². The van der Waals surface area contributed by atoms with Crippen LogP contribution in [0.2, 0.25) is 13.6 Å². The lowest BCUT2D eigenvalue weighted by Crippen LogP contribution is -2.68. The molecule has 0 spiro atoms. The van der Waals surface area contributed by atoms with Crippen molar-refractivity contribution in [2.75, 3.05) is 13.2 Å². The zero-order valence-corrected chi connectivity index (χ0v) is 45.2. The molecule has 2 aromatic heterocycles. The van der Waals surface area contributed by atoms with Gasteiger partial charge in [-0.05, 0) is 62.1 Å². The third kappa shape index (κ3) is 19.6. The van der Waals surface area contributed by atoms with Gasteiger partial charge in [0.2, 0.25) is 11.6 Å². The van der Waals surface area contributed by atoms with Gasteiger partial charge < -0.3 is 81.9 Å². The molecular formula is C47H74B2F3N11O16. The van der Waals surface area contributed by atoms with Crippen LogP contribution in [0.25, 0.3) is 0 Å². The quantitative estimate of drug-likeness (QED) is 0.0401. The van der Waals surface area contributed by atoms with Crippen molar-refractivity contribution in [1.82, 2.24) is 40.0 Å².